The largest absolute Gasteiger partial charge is 0.508 e. The van der Waals surface area contributed by atoms with Crippen molar-refractivity contribution in [3.8, 4) is 45.3 Å². The number of imidazole rings is 1. The molecule has 8 nitrogen and oxygen atoms in total. The minimum atomic E-state index is -0.537. The highest BCUT2D eigenvalue weighted by Crippen LogP contribution is 2.34. The van der Waals surface area contributed by atoms with Crippen molar-refractivity contribution >= 4 is 22.1 Å². The smallest absolute Gasteiger partial charge is 0.160 e. The number of aromatic amines is 2. The van der Waals surface area contributed by atoms with E-state index in [9.17, 15) is 9.50 Å². The first-order valence-electron chi connectivity index (χ1n) is 12.6. The monoisotopic (exact) mass is 528 g/mol. The Morgan fingerprint density at radius 1 is 0.875 bits per heavy atom. The van der Waals surface area contributed by atoms with E-state index in [1.807, 2.05) is 54.6 Å². The maximum Gasteiger partial charge on any atom is 0.160 e. The molecular weight excluding hydrogens is 507 g/mol. The number of fused-ring (bicyclic) bond motifs is 2. The molecule has 194 valence electrons. The number of aromatic hydroxyl groups is 1. The molecule has 0 aliphatic carbocycles. The molecule has 0 saturated carbocycles. The summed E-state index contributed by atoms with van der Waals surface area (Å²) in [6.45, 7) is 0.453. The van der Waals surface area contributed by atoms with Crippen LogP contribution >= 0.6 is 0 Å². The van der Waals surface area contributed by atoms with Crippen LogP contribution in [0.3, 0.4) is 0 Å². The summed E-state index contributed by atoms with van der Waals surface area (Å²) in [6, 6.07) is 23.6. The standard InChI is InChI=1S/C31H21FN6O2/c32-22-10-20(11-23(39)14-22)25-8-9-34-30-28(25)35-31(36-30)29-26-13-19(6-7-27(26)37-38-29)21-12-24(16-33-15-21)40-17-18-4-2-1-3-5-18/h1-16,39H,17H2,(H,37,38)(H,34,35,36). The molecule has 40 heavy (non-hydrogen) atoms. The Balaban J connectivity index is 1.25. The Labute approximate surface area is 227 Å². The minimum Gasteiger partial charge on any atom is -0.508 e. The van der Waals surface area contributed by atoms with Gasteiger partial charge in [-0.3, -0.25) is 10.1 Å². The number of halogens is 1. The Kier molecular flexibility index (Phi) is 5.67. The third-order valence-electron chi connectivity index (χ3n) is 6.66. The lowest BCUT2D eigenvalue weighted by Gasteiger charge is -2.08. The van der Waals surface area contributed by atoms with Crippen LogP contribution in [0.2, 0.25) is 0 Å². The fourth-order valence-electron chi connectivity index (χ4n) is 4.76. The van der Waals surface area contributed by atoms with E-state index >= 15 is 0 Å². The maximum absolute atomic E-state index is 14.0. The Morgan fingerprint density at radius 3 is 2.65 bits per heavy atom. The van der Waals surface area contributed by atoms with Gasteiger partial charge in [0.2, 0.25) is 0 Å². The fourth-order valence-corrected chi connectivity index (χ4v) is 4.76. The number of benzene rings is 3. The average Bonchev–Trinajstić information content (AvgIpc) is 3.60. The van der Waals surface area contributed by atoms with Crippen molar-refractivity contribution in [3.63, 3.8) is 0 Å². The summed E-state index contributed by atoms with van der Waals surface area (Å²) in [5, 5.41) is 18.4. The van der Waals surface area contributed by atoms with E-state index in [0.717, 1.165) is 33.7 Å². The number of pyridine rings is 2. The molecule has 0 amide bonds. The number of rotatable bonds is 6. The van der Waals surface area contributed by atoms with Gasteiger partial charge in [-0.05, 0) is 53.1 Å². The summed E-state index contributed by atoms with van der Waals surface area (Å²) in [5.74, 6) is 0.487. The molecule has 9 heteroatoms. The van der Waals surface area contributed by atoms with Crippen LogP contribution in [0.15, 0.2) is 97.5 Å². The van der Waals surface area contributed by atoms with Gasteiger partial charge in [-0.2, -0.15) is 5.10 Å². The zero-order valence-electron chi connectivity index (χ0n) is 21.0. The van der Waals surface area contributed by atoms with Gasteiger partial charge in [-0.15, -0.1) is 0 Å². The number of nitrogens with zero attached hydrogens (tertiary/aromatic N) is 4. The summed E-state index contributed by atoms with van der Waals surface area (Å²) in [4.78, 5) is 16.8. The summed E-state index contributed by atoms with van der Waals surface area (Å²) in [6.07, 6.45) is 5.11. The van der Waals surface area contributed by atoms with Crippen molar-refractivity contribution in [1.82, 2.24) is 30.1 Å². The molecule has 4 aromatic heterocycles. The number of phenols is 1. The van der Waals surface area contributed by atoms with E-state index in [2.05, 4.69) is 25.1 Å². The molecule has 7 aromatic rings. The summed E-state index contributed by atoms with van der Waals surface area (Å²) >= 11 is 0. The van der Waals surface area contributed by atoms with Gasteiger partial charge in [0, 0.05) is 35.0 Å². The van der Waals surface area contributed by atoms with E-state index in [4.69, 9.17) is 9.72 Å². The SMILES string of the molecule is Oc1cc(F)cc(-c2ccnc3[nH]c(-c4n[nH]c5ccc(-c6cncc(OCc7ccccc7)c6)cc45)nc23)c1. The van der Waals surface area contributed by atoms with Crippen molar-refractivity contribution < 1.29 is 14.2 Å². The van der Waals surface area contributed by atoms with Gasteiger partial charge < -0.3 is 14.8 Å². The van der Waals surface area contributed by atoms with Crippen LogP contribution in [0.5, 0.6) is 11.5 Å². The second kappa shape index (κ2) is 9.63. The Hall–Kier alpha value is -5.57. The van der Waals surface area contributed by atoms with Crippen LogP contribution < -0.4 is 4.74 Å². The van der Waals surface area contributed by atoms with Crippen LogP contribution in [-0.2, 0) is 6.61 Å². The number of H-pyrrole nitrogens is 2. The zero-order chi connectivity index (χ0) is 27.1. The summed E-state index contributed by atoms with van der Waals surface area (Å²) in [7, 11) is 0. The highest BCUT2D eigenvalue weighted by molar-refractivity contribution is 5.97. The number of ether oxygens (including phenoxy) is 1. The number of hydrogen-bond donors (Lipinski definition) is 3. The first-order chi connectivity index (χ1) is 19.6. The lowest BCUT2D eigenvalue weighted by atomic mass is 10.0. The molecule has 3 N–H and O–H groups in total. The van der Waals surface area contributed by atoms with Crippen molar-refractivity contribution in [3.05, 3.63) is 109 Å². The number of phenolic OH excluding ortho intramolecular Hbond substituents is 1. The van der Waals surface area contributed by atoms with Crippen LogP contribution in [0.1, 0.15) is 5.56 Å². The van der Waals surface area contributed by atoms with Gasteiger partial charge in [0.1, 0.15) is 35.1 Å². The third kappa shape index (κ3) is 4.39. The molecule has 0 unspecified atom stereocenters. The van der Waals surface area contributed by atoms with E-state index in [1.54, 1.807) is 24.7 Å². The van der Waals surface area contributed by atoms with Crippen LogP contribution in [-0.4, -0.2) is 35.2 Å². The quantitative estimate of drug-likeness (QED) is 0.223. The minimum absolute atomic E-state index is 0.162. The van der Waals surface area contributed by atoms with Crippen molar-refractivity contribution in [2.24, 2.45) is 0 Å². The molecule has 3 aromatic carbocycles. The third-order valence-corrected chi connectivity index (χ3v) is 6.66. The van der Waals surface area contributed by atoms with Gasteiger partial charge in [0.15, 0.2) is 11.5 Å². The van der Waals surface area contributed by atoms with Crippen molar-refractivity contribution in [1.29, 1.82) is 0 Å². The first-order valence-corrected chi connectivity index (χ1v) is 12.6. The number of aromatic nitrogens is 6. The second-order valence-electron chi connectivity index (χ2n) is 9.36. The molecular formula is C31H21FN6O2. The topological polar surface area (TPSA) is 113 Å². The molecule has 0 atom stereocenters. The van der Waals surface area contributed by atoms with Gasteiger partial charge in [0.25, 0.3) is 0 Å². The average molecular weight is 529 g/mol. The van der Waals surface area contributed by atoms with E-state index in [0.29, 0.717) is 46.2 Å². The molecule has 0 aliphatic heterocycles. The van der Waals surface area contributed by atoms with Crippen molar-refractivity contribution in [2.45, 2.75) is 6.61 Å². The van der Waals surface area contributed by atoms with E-state index in [1.165, 1.54) is 12.1 Å². The van der Waals surface area contributed by atoms with E-state index in [-0.39, 0.29) is 5.75 Å². The lowest BCUT2D eigenvalue weighted by Crippen LogP contribution is -1.95. The summed E-state index contributed by atoms with van der Waals surface area (Å²) in [5.41, 5.74) is 6.59. The molecule has 4 heterocycles. The molecule has 0 spiro atoms. The Bertz CT molecular complexity index is 1980. The van der Waals surface area contributed by atoms with Crippen molar-refractivity contribution in [2.75, 3.05) is 0 Å². The fraction of sp³-hybridized carbons (Fsp3) is 0.0323. The summed E-state index contributed by atoms with van der Waals surface area (Å²) < 4.78 is 20.0. The molecule has 0 bridgehead atoms. The second-order valence-corrected chi connectivity index (χ2v) is 9.36. The molecule has 0 fully saturated rings. The van der Waals surface area contributed by atoms with Crippen LogP contribution in [0.4, 0.5) is 4.39 Å². The van der Waals surface area contributed by atoms with Crippen LogP contribution in [0.25, 0.3) is 55.8 Å². The maximum atomic E-state index is 14.0. The molecule has 0 saturated heterocycles. The molecule has 0 aliphatic rings. The van der Waals surface area contributed by atoms with Gasteiger partial charge in [-0.25, -0.2) is 14.4 Å². The predicted molar refractivity (Wildman–Crippen MR) is 150 cm³/mol. The predicted octanol–water partition coefficient (Wildman–Crippen LogP) is 6.65. The normalized spacial score (nSPS) is 11.3. The highest BCUT2D eigenvalue weighted by Gasteiger charge is 2.17. The van der Waals surface area contributed by atoms with Gasteiger partial charge >= 0.3 is 0 Å². The number of nitrogens with one attached hydrogen (secondary N) is 2. The first kappa shape index (κ1) is 23.5. The van der Waals surface area contributed by atoms with Gasteiger partial charge in [0.05, 0.1) is 11.7 Å². The van der Waals surface area contributed by atoms with Gasteiger partial charge in [-0.1, -0.05) is 36.4 Å². The Morgan fingerprint density at radius 2 is 1.77 bits per heavy atom. The molecule has 7 rings (SSSR count). The highest BCUT2D eigenvalue weighted by atomic mass is 19.1. The lowest BCUT2D eigenvalue weighted by molar-refractivity contribution is 0.305. The zero-order valence-corrected chi connectivity index (χ0v) is 21.0. The van der Waals surface area contributed by atoms with Crippen LogP contribution in [0, 0.1) is 5.82 Å². The molecule has 0 radical (unpaired) electrons. The van der Waals surface area contributed by atoms with E-state index < -0.39 is 5.82 Å². The number of hydrogen-bond acceptors (Lipinski definition) is 6.